The van der Waals surface area contributed by atoms with Crippen molar-refractivity contribution in [1.29, 1.82) is 0 Å². The van der Waals surface area contributed by atoms with E-state index in [0.717, 1.165) is 10.7 Å². The van der Waals surface area contributed by atoms with Gasteiger partial charge in [0.25, 0.3) is 0 Å². The van der Waals surface area contributed by atoms with Crippen LogP contribution in [0.3, 0.4) is 0 Å². The molecule has 1 amide bonds. The smallest absolute Gasteiger partial charge is 0.242 e. The van der Waals surface area contributed by atoms with E-state index in [9.17, 15) is 13.2 Å². The van der Waals surface area contributed by atoms with Crippen LogP contribution in [-0.2, 0) is 14.6 Å². The lowest BCUT2D eigenvalue weighted by Gasteiger charge is -2.12. The number of carbonyl (C=O) groups is 1. The van der Waals surface area contributed by atoms with Crippen molar-refractivity contribution >= 4 is 43.0 Å². The lowest BCUT2D eigenvalue weighted by atomic mass is 10.2. The van der Waals surface area contributed by atoms with Gasteiger partial charge in [0.05, 0.1) is 11.4 Å². The van der Waals surface area contributed by atoms with Gasteiger partial charge < -0.3 is 11.1 Å². The number of sulfone groups is 1. The molecule has 1 rings (SSSR count). The zero-order valence-electron chi connectivity index (χ0n) is 9.40. The van der Waals surface area contributed by atoms with Crippen molar-refractivity contribution in [1.82, 2.24) is 0 Å². The average molecular weight is 321 g/mol. The van der Waals surface area contributed by atoms with Gasteiger partial charge in [-0.3, -0.25) is 4.79 Å². The molecule has 0 bridgehead atoms. The first-order valence-electron chi connectivity index (χ1n) is 4.76. The number of hydrogen-bond donors (Lipinski definition) is 2. The molecule has 1 aromatic rings. The number of anilines is 2. The van der Waals surface area contributed by atoms with Crippen molar-refractivity contribution in [2.75, 3.05) is 17.3 Å². The van der Waals surface area contributed by atoms with Gasteiger partial charge in [0, 0.05) is 10.7 Å². The van der Waals surface area contributed by atoms with Crippen molar-refractivity contribution in [3.63, 3.8) is 0 Å². The molecule has 94 valence electrons. The number of nitrogen functional groups attached to an aromatic ring is 1. The minimum atomic E-state index is -3.41. The van der Waals surface area contributed by atoms with Gasteiger partial charge in [-0.2, -0.15) is 0 Å². The summed E-state index contributed by atoms with van der Waals surface area (Å²) in [6.07, 6.45) is 1.02. The minimum absolute atomic E-state index is 0.369. The summed E-state index contributed by atoms with van der Waals surface area (Å²) in [6.45, 7) is 1.33. The van der Waals surface area contributed by atoms with Crippen LogP contribution in [0.15, 0.2) is 22.7 Å². The molecule has 1 atom stereocenters. The van der Waals surface area contributed by atoms with Crippen LogP contribution in [0.1, 0.15) is 6.92 Å². The number of carbonyl (C=O) groups excluding carboxylic acids is 1. The van der Waals surface area contributed by atoms with Gasteiger partial charge in [0.2, 0.25) is 5.91 Å². The molecule has 0 aliphatic heterocycles. The molecular formula is C10H13BrN2O3S. The van der Waals surface area contributed by atoms with Gasteiger partial charge >= 0.3 is 0 Å². The molecule has 0 aliphatic rings. The Bertz CT molecular complexity index is 542. The van der Waals surface area contributed by atoms with Gasteiger partial charge in [0.1, 0.15) is 5.25 Å². The standard InChI is InChI=1S/C10H13BrN2O3S/c1-6(17(2,15)16)10(14)13-9-4-3-7(11)5-8(9)12/h3-6H,12H2,1-2H3,(H,13,14). The van der Waals surface area contributed by atoms with Crippen LogP contribution < -0.4 is 11.1 Å². The summed E-state index contributed by atoms with van der Waals surface area (Å²) in [6, 6.07) is 4.93. The monoisotopic (exact) mass is 320 g/mol. The SMILES string of the molecule is CC(C(=O)Nc1ccc(Br)cc1N)S(C)(=O)=O. The van der Waals surface area contributed by atoms with Gasteiger partial charge in [-0.05, 0) is 25.1 Å². The first-order valence-corrected chi connectivity index (χ1v) is 7.51. The predicted molar refractivity (Wildman–Crippen MR) is 71.5 cm³/mol. The van der Waals surface area contributed by atoms with E-state index in [-0.39, 0.29) is 0 Å². The van der Waals surface area contributed by atoms with Crippen LogP contribution in [0.4, 0.5) is 11.4 Å². The number of amides is 1. The molecular weight excluding hydrogens is 308 g/mol. The molecule has 17 heavy (non-hydrogen) atoms. The summed E-state index contributed by atoms with van der Waals surface area (Å²) in [4.78, 5) is 11.6. The quantitative estimate of drug-likeness (QED) is 0.824. The minimum Gasteiger partial charge on any atom is -0.397 e. The van der Waals surface area contributed by atoms with E-state index in [1.165, 1.54) is 6.92 Å². The molecule has 0 heterocycles. The summed E-state index contributed by atoms with van der Waals surface area (Å²) in [5, 5.41) is 1.37. The lowest BCUT2D eigenvalue weighted by Crippen LogP contribution is -2.32. The lowest BCUT2D eigenvalue weighted by molar-refractivity contribution is -0.115. The van der Waals surface area contributed by atoms with Gasteiger partial charge in [-0.15, -0.1) is 0 Å². The number of benzene rings is 1. The zero-order valence-corrected chi connectivity index (χ0v) is 11.8. The summed E-state index contributed by atoms with van der Waals surface area (Å²) in [5.74, 6) is -0.596. The molecule has 3 N–H and O–H groups in total. The van der Waals surface area contributed by atoms with E-state index in [0.29, 0.717) is 11.4 Å². The average Bonchev–Trinajstić information content (AvgIpc) is 2.19. The third-order valence-corrected chi connectivity index (χ3v) is 4.27. The number of nitrogens with one attached hydrogen (secondary N) is 1. The Kier molecular flexibility index (Phi) is 4.16. The summed E-state index contributed by atoms with van der Waals surface area (Å²) < 4.78 is 23.2. The van der Waals surface area contributed by atoms with Crippen LogP contribution >= 0.6 is 15.9 Å². The van der Waals surface area contributed by atoms with Crippen LogP contribution in [0, 0.1) is 0 Å². The Morgan fingerprint density at radius 3 is 2.53 bits per heavy atom. The van der Waals surface area contributed by atoms with Crippen molar-refractivity contribution in [3.05, 3.63) is 22.7 Å². The van der Waals surface area contributed by atoms with Gasteiger partial charge in [0.15, 0.2) is 9.84 Å². The molecule has 0 radical (unpaired) electrons. The normalized spacial score (nSPS) is 13.1. The second-order valence-corrected chi connectivity index (χ2v) is 6.97. The fourth-order valence-corrected chi connectivity index (χ4v) is 1.90. The highest BCUT2D eigenvalue weighted by Gasteiger charge is 2.23. The maximum Gasteiger partial charge on any atom is 0.242 e. The molecule has 0 saturated heterocycles. The fourth-order valence-electron chi connectivity index (χ4n) is 1.08. The highest BCUT2D eigenvalue weighted by molar-refractivity contribution is 9.10. The van der Waals surface area contributed by atoms with Crippen molar-refractivity contribution in [3.8, 4) is 0 Å². The van der Waals surface area contributed by atoms with Crippen LogP contribution in [0.25, 0.3) is 0 Å². The second kappa shape index (κ2) is 5.05. The van der Waals surface area contributed by atoms with E-state index in [2.05, 4.69) is 21.2 Å². The van der Waals surface area contributed by atoms with E-state index >= 15 is 0 Å². The highest BCUT2D eigenvalue weighted by atomic mass is 79.9. The van der Waals surface area contributed by atoms with Gasteiger partial charge in [-0.25, -0.2) is 8.42 Å². The molecule has 0 aliphatic carbocycles. The fraction of sp³-hybridized carbons (Fsp3) is 0.300. The van der Waals surface area contributed by atoms with E-state index in [4.69, 9.17) is 5.73 Å². The maximum atomic E-state index is 11.6. The Labute approximate surface area is 108 Å². The number of hydrogen-bond acceptors (Lipinski definition) is 4. The Morgan fingerprint density at radius 1 is 1.47 bits per heavy atom. The number of nitrogens with two attached hydrogens (primary N) is 1. The first-order chi connectivity index (χ1) is 7.71. The van der Waals surface area contributed by atoms with Crippen LogP contribution in [0.2, 0.25) is 0 Å². The molecule has 5 nitrogen and oxygen atoms in total. The van der Waals surface area contributed by atoms with E-state index in [1.807, 2.05) is 0 Å². The van der Waals surface area contributed by atoms with Crippen LogP contribution in [-0.4, -0.2) is 25.8 Å². The Balaban J connectivity index is 2.89. The summed E-state index contributed by atoms with van der Waals surface area (Å²) >= 11 is 3.23. The predicted octanol–water partition coefficient (Wildman–Crippen LogP) is 1.40. The molecule has 1 unspecified atom stereocenters. The zero-order chi connectivity index (χ0) is 13.2. The molecule has 0 fully saturated rings. The Hall–Kier alpha value is -1.08. The third kappa shape index (κ3) is 3.71. The Morgan fingerprint density at radius 2 is 2.06 bits per heavy atom. The van der Waals surface area contributed by atoms with Crippen molar-refractivity contribution in [2.45, 2.75) is 12.2 Å². The number of halogens is 1. The van der Waals surface area contributed by atoms with E-state index < -0.39 is 21.0 Å². The topological polar surface area (TPSA) is 89.3 Å². The summed E-state index contributed by atoms with van der Waals surface area (Å²) in [7, 11) is -3.41. The van der Waals surface area contributed by atoms with Crippen molar-refractivity contribution < 1.29 is 13.2 Å². The highest BCUT2D eigenvalue weighted by Crippen LogP contribution is 2.23. The van der Waals surface area contributed by atoms with Crippen LogP contribution in [0.5, 0.6) is 0 Å². The maximum absolute atomic E-state index is 11.6. The number of rotatable bonds is 3. The molecule has 1 aromatic carbocycles. The second-order valence-electron chi connectivity index (χ2n) is 3.69. The van der Waals surface area contributed by atoms with Gasteiger partial charge in [-0.1, -0.05) is 15.9 Å². The first kappa shape index (κ1) is 14.0. The van der Waals surface area contributed by atoms with E-state index in [1.54, 1.807) is 18.2 Å². The molecule has 0 spiro atoms. The molecule has 7 heteroatoms. The van der Waals surface area contributed by atoms with Crippen molar-refractivity contribution in [2.24, 2.45) is 0 Å². The summed E-state index contributed by atoms with van der Waals surface area (Å²) in [5.41, 5.74) is 6.45. The third-order valence-electron chi connectivity index (χ3n) is 2.28. The molecule has 0 aromatic heterocycles. The largest absolute Gasteiger partial charge is 0.397 e. The molecule has 0 saturated carbocycles.